The molecule has 0 aliphatic carbocycles. The molecule has 4 nitrogen and oxygen atoms in total. The van der Waals surface area contributed by atoms with Crippen LogP contribution in [0.15, 0.2) is 54.7 Å². The van der Waals surface area contributed by atoms with Crippen LogP contribution in [0.5, 0.6) is 5.75 Å². The predicted octanol–water partition coefficient (Wildman–Crippen LogP) is 5.30. The molecule has 150 valence electrons. The first-order chi connectivity index (χ1) is 14.1. The van der Waals surface area contributed by atoms with Crippen molar-refractivity contribution in [2.45, 2.75) is 26.0 Å². The van der Waals surface area contributed by atoms with Crippen LogP contribution < -0.4 is 10.5 Å². The molecule has 1 fully saturated rings. The van der Waals surface area contributed by atoms with Gasteiger partial charge in [-0.1, -0.05) is 41.9 Å². The molecule has 29 heavy (non-hydrogen) atoms. The van der Waals surface area contributed by atoms with Crippen molar-refractivity contribution < 1.29 is 9.13 Å². The lowest BCUT2D eigenvalue weighted by atomic mass is 10.1. The number of aromatic nitrogens is 1. The highest BCUT2D eigenvalue weighted by molar-refractivity contribution is 6.31. The maximum absolute atomic E-state index is 14.0. The second kappa shape index (κ2) is 8.80. The number of pyridine rings is 1. The molecular weight excluding hydrogens is 389 g/mol. The van der Waals surface area contributed by atoms with E-state index in [0.29, 0.717) is 16.3 Å². The molecule has 1 aliphatic rings. The number of ether oxygens (including phenoxy) is 1. The van der Waals surface area contributed by atoms with E-state index in [1.165, 1.54) is 37.6 Å². The van der Waals surface area contributed by atoms with Gasteiger partial charge in [0, 0.05) is 23.9 Å². The molecule has 3 aromatic rings. The van der Waals surface area contributed by atoms with Gasteiger partial charge in [0.15, 0.2) is 11.6 Å². The van der Waals surface area contributed by atoms with Crippen molar-refractivity contribution in [1.29, 1.82) is 0 Å². The molecule has 1 aliphatic heterocycles. The third kappa shape index (κ3) is 4.69. The molecule has 0 amide bonds. The summed E-state index contributed by atoms with van der Waals surface area (Å²) in [5.74, 6) is 0.253. The molecule has 1 saturated heterocycles. The van der Waals surface area contributed by atoms with Crippen molar-refractivity contribution in [3.63, 3.8) is 0 Å². The summed E-state index contributed by atoms with van der Waals surface area (Å²) in [5, 5.41) is 0.321. The van der Waals surface area contributed by atoms with Gasteiger partial charge in [-0.2, -0.15) is 0 Å². The Labute approximate surface area is 175 Å². The number of nitrogens with zero attached hydrogens (tertiary/aromatic N) is 2. The fourth-order valence-electron chi connectivity index (χ4n) is 3.55. The number of hydrogen-bond donors (Lipinski definition) is 1. The van der Waals surface area contributed by atoms with Crippen molar-refractivity contribution in [3.05, 3.63) is 76.7 Å². The fraction of sp³-hybridized carbons (Fsp3) is 0.261. The molecule has 0 bridgehead atoms. The smallest absolute Gasteiger partial charge is 0.166 e. The second-order valence-electron chi connectivity index (χ2n) is 7.28. The van der Waals surface area contributed by atoms with Crippen molar-refractivity contribution in [2.75, 3.05) is 18.8 Å². The van der Waals surface area contributed by atoms with Gasteiger partial charge in [-0.05, 0) is 55.3 Å². The van der Waals surface area contributed by atoms with E-state index in [0.717, 1.165) is 17.7 Å². The SMILES string of the molecule is Nc1ncc(-c2ccc(CN3CCCC3)cc2)cc1OCc1c(F)cccc1Cl. The lowest BCUT2D eigenvalue weighted by Gasteiger charge is -2.15. The number of rotatable bonds is 6. The Morgan fingerprint density at radius 3 is 2.55 bits per heavy atom. The average Bonchev–Trinajstić information content (AvgIpc) is 3.22. The first-order valence-corrected chi connectivity index (χ1v) is 10.1. The summed E-state index contributed by atoms with van der Waals surface area (Å²) in [4.78, 5) is 6.71. The molecular formula is C23H23ClFN3O. The molecule has 4 rings (SSSR count). The molecule has 2 heterocycles. The Hall–Kier alpha value is -2.63. The first kappa shape index (κ1) is 19.7. The fourth-order valence-corrected chi connectivity index (χ4v) is 3.77. The third-order valence-electron chi connectivity index (χ3n) is 5.21. The van der Waals surface area contributed by atoms with E-state index in [1.807, 2.05) is 6.07 Å². The van der Waals surface area contributed by atoms with Crippen LogP contribution in [0.25, 0.3) is 11.1 Å². The van der Waals surface area contributed by atoms with E-state index >= 15 is 0 Å². The van der Waals surface area contributed by atoms with Crippen molar-refractivity contribution >= 4 is 17.4 Å². The van der Waals surface area contributed by atoms with Crippen LogP contribution in [-0.2, 0) is 13.2 Å². The summed E-state index contributed by atoms with van der Waals surface area (Å²) in [6, 6.07) is 14.8. The predicted molar refractivity (Wildman–Crippen MR) is 114 cm³/mol. The number of likely N-dealkylation sites (tertiary alicyclic amines) is 1. The Morgan fingerprint density at radius 1 is 1.07 bits per heavy atom. The monoisotopic (exact) mass is 411 g/mol. The van der Waals surface area contributed by atoms with E-state index in [-0.39, 0.29) is 12.4 Å². The molecule has 0 saturated carbocycles. The maximum atomic E-state index is 14.0. The average molecular weight is 412 g/mol. The minimum atomic E-state index is -0.409. The molecule has 0 atom stereocenters. The third-order valence-corrected chi connectivity index (χ3v) is 5.56. The zero-order valence-electron chi connectivity index (χ0n) is 16.1. The van der Waals surface area contributed by atoms with Crippen LogP contribution in [0.2, 0.25) is 5.02 Å². The summed E-state index contributed by atoms with van der Waals surface area (Å²) in [6.45, 7) is 3.32. The summed E-state index contributed by atoms with van der Waals surface area (Å²) in [7, 11) is 0. The summed E-state index contributed by atoms with van der Waals surface area (Å²) in [6.07, 6.45) is 4.29. The van der Waals surface area contributed by atoms with Gasteiger partial charge in [-0.15, -0.1) is 0 Å². The first-order valence-electron chi connectivity index (χ1n) is 9.73. The van der Waals surface area contributed by atoms with Crippen LogP contribution in [0.4, 0.5) is 10.2 Å². The zero-order chi connectivity index (χ0) is 20.2. The van der Waals surface area contributed by atoms with Gasteiger partial charge < -0.3 is 10.5 Å². The van der Waals surface area contributed by atoms with E-state index in [4.69, 9.17) is 22.1 Å². The van der Waals surface area contributed by atoms with Gasteiger partial charge in [0.25, 0.3) is 0 Å². The van der Waals surface area contributed by atoms with Gasteiger partial charge in [0.1, 0.15) is 12.4 Å². The second-order valence-corrected chi connectivity index (χ2v) is 7.68. The summed E-state index contributed by atoms with van der Waals surface area (Å²) < 4.78 is 19.7. The highest BCUT2D eigenvalue weighted by atomic mass is 35.5. The summed E-state index contributed by atoms with van der Waals surface area (Å²) in [5.41, 5.74) is 9.46. The molecule has 1 aromatic heterocycles. The number of halogens is 2. The Bertz CT molecular complexity index is 968. The number of nitrogen functional groups attached to an aromatic ring is 1. The number of nitrogens with two attached hydrogens (primary N) is 1. The molecule has 0 unspecified atom stereocenters. The van der Waals surface area contributed by atoms with Crippen LogP contribution in [-0.4, -0.2) is 23.0 Å². The van der Waals surface area contributed by atoms with E-state index in [2.05, 4.69) is 34.1 Å². The molecule has 6 heteroatoms. The molecule has 2 N–H and O–H groups in total. The summed E-state index contributed by atoms with van der Waals surface area (Å²) >= 11 is 6.07. The molecule has 0 radical (unpaired) electrons. The number of anilines is 1. The Kier molecular flexibility index (Phi) is 5.97. The van der Waals surface area contributed by atoms with E-state index < -0.39 is 5.82 Å². The minimum Gasteiger partial charge on any atom is -0.485 e. The van der Waals surface area contributed by atoms with Gasteiger partial charge in [-0.25, -0.2) is 9.37 Å². The van der Waals surface area contributed by atoms with Gasteiger partial charge in [0.05, 0.1) is 5.02 Å². The lowest BCUT2D eigenvalue weighted by Crippen LogP contribution is -2.18. The highest BCUT2D eigenvalue weighted by Gasteiger charge is 2.13. The topological polar surface area (TPSA) is 51.4 Å². The van der Waals surface area contributed by atoms with Gasteiger partial charge >= 0.3 is 0 Å². The maximum Gasteiger partial charge on any atom is 0.166 e. The van der Waals surface area contributed by atoms with Crippen molar-refractivity contribution in [1.82, 2.24) is 9.88 Å². The lowest BCUT2D eigenvalue weighted by molar-refractivity contribution is 0.301. The van der Waals surface area contributed by atoms with Crippen molar-refractivity contribution in [2.24, 2.45) is 0 Å². The quantitative estimate of drug-likeness (QED) is 0.598. The highest BCUT2D eigenvalue weighted by Crippen LogP contribution is 2.29. The van der Waals surface area contributed by atoms with Gasteiger partial charge in [-0.3, -0.25) is 4.90 Å². The van der Waals surface area contributed by atoms with Crippen LogP contribution >= 0.6 is 11.6 Å². The van der Waals surface area contributed by atoms with Crippen molar-refractivity contribution in [3.8, 4) is 16.9 Å². The molecule has 2 aromatic carbocycles. The van der Waals surface area contributed by atoms with Crippen LogP contribution in [0.3, 0.4) is 0 Å². The standard InChI is InChI=1S/C23H23ClFN3O/c24-20-4-3-5-21(25)19(20)15-29-22-12-18(13-27-23(22)26)17-8-6-16(7-9-17)14-28-10-1-2-11-28/h3-9,12-13H,1-2,10-11,14-15H2,(H2,26,27). The Balaban J connectivity index is 1.49. The number of benzene rings is 2. The molecule has 0 spiro atoms. The number of hydrogen-bond acceptors (Lipinski definition) is 4. The normalized spacial score (nSPS) is 14.3. The van der Waals surface area contributed by atoms with E-state index in [9.17, 15) is 4.39 Å². The zero-order valence-corrected chi connectivity index (χ0v) is 16.8. The minimum absolute atomic E-state index is 0.0182. The van der Waals surface area contributed by atoms with Gasteiger partial charge in [0.2, 0.25) is 0 Å². The van der Waals surface area contributed by atoms with E-state index in [1.54, 1.807) is 18.3 Å². The largest absolute Gasteiger partial charge is 0.485 e. The van der Waals surface area contributed by atoms with Crippen LogP contribution in [0.1, 0.15) is 24.0 Å². The Morgan fingerprint density at radius 2 is 1.83 bits per heavy atom. The van der Waals surface area contributed by atoms with Crippen LogP contribution in [0, 0.1) is 5.82 Å².